The Kier molecular flexibility index (Phi) is 37.9. The van der Waals surface area contributed by atoms with Crippen molar-refractivity contribution in [2.75, 3.05) is 13.2 Å². The van der Waals surface area contributed by atoms with E-state index in [1.165, 1.54) is 102 Å². The summed E-state index contributed by atoms with van der Waals surface area (Å²) in [5.41, 5.74) is 0. The quantitative estimate of drug-likeness (QED) is 0.0325. The van der Waals surface area contributed by atoms with Gasteiger partial charge < -0.3 is 14.6 Å². The van der Waals surface area contributed by atoms with E-state index >= 15 is 0 Å². The molecule has 0 heterocycles. The lowest BCUT2D eigenvalue weighted by Crippen LogP contribution is -2.24. The van der Waals surface area contributed by atoms with Gasteiger partial charge >= 0.3 is 11.9 Å². The second kappa shape index (κ2) is 41.2. The minimum atomic E-state index is -1.12. The van der Waals surface area contributed by atoms with Crippen molar-refractivity contribution in [3.05, 3.63) is 146 Å². The first-order valence-electron chi connectivity index (χ1n) is 19.6. The molecule has 0 saturated carbocycles. The maximum absolute atomic E-state index is 11.8. The molecule has 0 aromatic rings. The fraction of sp³-hybridized carbons (Fsp3) is 0.447. The first-order valence-corrected chi connectivity index (χ1v) is 19.6. The molecule has 0 unspecified atom stereocenters. The van der Waals surface area contributed by atoms with E-state index in [0.29, 0.717) is 0 Å². The summed E-state index contributed by atoms with van der Waals surface area (Å²) in [6.45, 7) is 3.94. The van der Waals surface area contributed by atoms with E-state index in [4.69, 9.17) is 9.47 Å². The molecule has 5 nitrogen and oxygen atoms in total. The molecule has 0 aliphatic rings. The second-order valence-corrected chi connectivity index (χ2v) is 12.4. The lowest BCUT2D eigenvalue weighted by Gasteiger charge is -2.09. The summed E-state index contributed by atoms with van der Waals surface area (Å²) in [4.78, 5) is 23.7. The van der Waals surface area contributed by atoms with Gasteiger partial charge in [-0.2, -0.15) is 0 Å². The van der Waals surface area contributed by atoms with Crippen LogP contribution in [0.5, 0.6) is 0 Å². The minimum absolute atomic E-state index is 0.278. The Labute approximate surface area is 317 Å². The predicted molar refractivity (Wildman–Crippen MR) is 223 cm³/mol. The highest BCUT2D eigenvalue weighted by Gasteiger charge is 2.09. The van der Waals surface area contributed by atoms with Crippen LogP contribution in [0, 0.1) is 0 Å². The third-order valence-corrected chi connectivity index (χ3v) is 7.52. The smallest absolute Gasteiger partial charge is 0.330 e. The third-order valence-electron chi connectivity index (χ3n) is 7.52. The monoisotopic (exact) mass is 713 g/mol. The summed E-state index contributed by atoms with van der Waals surface area (Å²) in [7, 11) is 0. The van der Waals surface area contributed by atoms with E-state index < -0.39 is 18.0 Å². The number of hydrogen-bond acceptors (Lipinski definition) is 5. The van der Waals surface area contributed by atoms with Gasteiger partial charge in [-0.15, -0.1) is 0 Å². The lowest BCUT2D eigenvalue weighted by atomic mass is 10.1. The van der Waals surface area contributed by atoms with Crippen molar-refractivity contribution in [3.8, 4) is 0 Å². The molecule has 286 valence electrons. The molecule has 0 bridgehead atoms. The number of unbranched alkanes of at least 4 members (excludes halogenated alkanes) is 14. The topological polar surface area (TPSA) is 72.8 Å². The SMILES string of the molecule is CCCCCCCCCC=CC=CC=CC=CC=CC=CC(=O)OCC(O)COC(=O)C=CC=CC=CC=CC=CC=CCCCCCCCCC. The number of aliphatic hydroxyl groups is 1. The van der Waals surface area contributed by atoms with E-state index in [1.807, 2.05) is 72.9 Å². The Morgan fingerprint density at radius 3 is 1.00 bits per heavy atom. The Balaban J connectivity index is 3.94. The third kappa shape index (κ3) is 40.2. The average Bonchev–Trinajstić information content (AvgIpc) is 3.15. The molecule has 1 N–H and O–H groups in total. The molecule has 0 rings (SSSR count). The molecule has 52 heavy (non-hydrogen) atoms. The first kappa shape index (κ1) is 47.8. The van der Waals surface area contributed by atoms with Gasteiger partial charge in [0.15, 0.2) is 0 Å². The van der Waals surface area contributed by atoms with Crippen LogP contribution in [0.4, 0.5) is 0 Å². The van der Waals surface area contributed by atoms with Gasteiger partial charge in [-0.1, -0.05) is 225 Å². The number of carbonyl (C=O) groups is 2. The Morgan fingerprint density at radius 2 is 0.673 bits per heavy atom. The maximum atomic E-state index is 11.8. The number of carbonyl (C=O) groups excluding carboxylic acids is 2. The number of ether oxygens (including phenoxy) is 2. The molecule has 0 aliphatic carbocycles. The summed E-state index contributed by atoms with van der Waals surface area (Å²) in [6, 6.07) is 0. The highest BCUT2D eigenvalue weighted by Crippen LogP contribution is 2.09. The summed E-state index contributed by atoms with van der Waals surface area (Å²) in [6.07, 6.45) is 64.4. The van der Waals surface area contributed by atoms with Crippen molar-refractivity contribution in [1.29, 1.82) is 0 Å². The van der Waals surface area contributed by atoms with E-state index in [2.05, 4.69) is 38.2 Å². The van der Waals surface area contributed by atoms with E-state index in [1.54, 1.807) is 36.5 Å². The molecule has 0 fully saturated rings. The molecular weight excluding hydrogens is 645 g/mol. The van der Waals surface area contributed by atoms with Crippen LogP contribution in [0.1, 0.15) is 117 Å². The van der Waals surface area contributed by atoms with Crippen LogP contribution < -0.4 is 0 Å². The number of rotatable bonds is 32. The van der Waals surface area contributed by atoms with Crippen LogP contribution in [0.3, 0.4) is 0 Å². The van der Waals surface area contributed by atoms with Crippen LogP contribution in [0.15, 0.2) is 146 Å². The lowest BCUT2D eigenvalue weighted by molar-refractivity contribution is -0.146. The predicted octanol–water partition coefficient (Wildman–Crippen LogP) is 12.4. The normalized spacial score (nSPS) is 13.8. The fourth-order valence-corrected chi connectivity index (χ4v) is 4.58. The average molecular weight is 713 g/mol. The summed E-state index contributed by atoms with van der Waals surface area (Å²) < 4.78 is 9.97. The molecular formula is C47H68O5. The largest absolute Gasteiger partial charge is 0.460 e. The zero-order valence-electron chi connectivity index (χ0n) is 32.2. The molecule has 0 spiro atoms. The summed E-state index contributed by atoms with van der Waals surface area (Å²) in [5, 5.41) is 9.94. The van der Waals surface area contributed by atoms with E-state index in [9.17, 15) is 14.7 Å². The number of aliphatic hydroxyl groups excluding tert-OH is 1. The van der Waals surface area contributed by atoms with Crippen molar-refractivity contribution in [3.63, 3.8) is 0 Å². The minimum Gasteiger partial charge on any atom is -0.460 e. The number of esters is 2. The van der Waals surface area contributed by atoms with Crippen molar-refractivity contribution in [2.24, 2.45) is 0 Å². The molecule has 0 saturated heterocycles. The molecule has 5 heteroatoms. The van der Waals surface area contributed by atoms with Crippen LogP contribution in [0.2, 0.25) is 0 Å². The molecule has 0 aromatic carbocycles. The van der Waals surface area contributed by atoms with Crippen LogP contribution in [0.25, 0.3) is 0 Å². The van der Waals surface area contributed by atoms with Gasteiger partial charge in [-0.05, 0) is 25.7 Å². The molecule has 0 atom stereocenters. The van der Waals surface area contributed by atoms with Crippen molar-refractivity contribution in [1.82, 2.24) is 0 Å². The van der Waals surface area contributed by atoms with Crippen molar-refractivity contribution >= 4 is 11.9 Å². The summed E-state index contributed by atoms with van der Waals surface area (Å²) in [5.74, 6) is -1.20. The van der Waals surface area contributed by atoms with Gasteiger partial charge in [0.25, 0.3) is 0 Å². The van der Waals surface area contributed by atoms with Crippen molar-refractivity contribution in [2.45, 2.75) is 123 Å². The first-order chi connectivity index (χ1) is 25.6. The van der Waals surface area contributed by atoms with Gasteiger partial charge in [0.1, 0.15) is 19.3 Å². The van der Waals surface area contributed by atoms with Gasteiger partial charge in [0.2, 0.25) is 0 Å². The molecule has 0 aromatic heterocycles. The molecule has 0 radical (unpaired) electrons. The summed E-state index contributed by atoms with van der Waals surface area (Å²) >= 11 is 0. The van der Waals surface area contributed by atoms with Crippen LogP contribution >= 0.6 is 0 Å². The van der Waals surface area contributed by atoms with Gasteiger partial charge in [0.05, 0.1) is 0 Å². The maximum Gasteiger partial charge on any atom is 0.330 e. The molecule has 0 aliphatic heterocycles. The van der Waals surface area contributed by atoms with Gasteiger partial charge in [-0.3, -0.25) is 0 Å². The second-order valence-electron chi connectivity index (χ2n) is 12.4. The number of hydrogen-bond donors (Lipinski definition) is 1. The van der Waals surface area contributed by atoms with Gasteiger partial charge in [0, 0.05) is 12.2 Å². The van der Waals surface area contributed by atoms with Gasteiger partial charge in [-0.25, -0.2) is 9.59 Å². The Morgan fingerprint density at radius 1 is 0.404 bits per heavy atom. The highest BCUT2D eigenvalue weighted by atomic mass is 16.6. The fourth-order valence-electron chi connectivity index (χ4n) is 4.58. The van der Waals surface area contributed by atoms with Crippen molar-refractivity contribution < 1.29 is 24.2 Å². The zero-order chi connectivity index (χ0) is 37.8. The Hall–Kier alpha value is -4.22. The molecule has 0 amide bonds. The number of allylic oxidation sites excluding steroid dienone is 22. The highest BCUT2D eigenvalue weighted by molar-refractivity contribution is 5.82. The van der Waals surface area contributed by atoms with E-state index in [0.717, 1.165) is 12.8 Å². The zero-order valence-corrected chi connectivity index (χ0v) is 32.2. The van der Waals surface area contributed by atoms with Crippen LogP contribution in [-0.2, 0) is 19.1 Å². The van der Waals surface area contributed by atoms with E-state index in [-0.39, 0.29) is 13.2 Å². The standard InChI is InChI=1S/C47H68O5/c1-3-5-7-9-11-13-15-17-19-21-23-25-27-29-31-33-35-37-39-41-46(49)51-43-45(48)44-52-47(50)42-40-38-36-34-32-30-28-26-24-22-20-18-16-14-12-10-8-6-4-2/h19-42,45,48H,3-18,43-44H2,1-2H3. The Bertz CT molecular complexity index is 1120. The van der Waals surface area contributed by atoms with Crippen LogP contribution in [-0.4, -0.2) is 36.4 Å².